The highest BCUT2D eigenvalue weighted by Gasteiger charge is 2.33. The minimum Gasteiger partial charge on any atom is -0.497 e. The van der Waals surface area contributed by atoms with Crippen molar-refractivity contribution < 1.29 is 29.1 Å². The lowest BCUT2D eigenvalue weighted by Crippen LogP contribution is -2.39. The van der Waals surface area contributed by atoms with Crippen molar-refractivity contribution in [2.75, 3.05) is 13.7 Å². The maximum absolute atomic E-state index is 13.8. The number of carbonyl (C=O) groups excluding carboxylic acids is 1. The van der Waals surface area contributed by atoms with Crippen LogP contribution in [-0.4, -0.2) is 34.4 Å². The molecular formula is C31H28N3O7S+. The van der Waals surface area contributed by atoms with E-state index < -0.39 is 12.0 Å². The number of aromatic nitrogens is 1. The normalized spacial score (nSPS) is 14.6. The van der Waals surface area contributed by atoms with Gasteiger partial charge in [-0.25, -0.2) is 15.0 Å². The second-order valence-electron chi connectivity index (χ2n) is 9.37. The zero-order chi connectivity index (χ0) is 29.8. The summed E-state index contributed by atoms with van der Waals surface area (Å²) in [5.41, 5.74) is 3.04. The molecule has 1 N–H and O–H groups in total. The minimum atomic E-state index is -0.702. The van der Waals surface area contributed by atoms with E-state index in [2.05, 4.69) is 4.99 Å². The zero-order valence-corrected chi connectivity index (χ0v) is 24.0. The average molecular weight is 587 g/mol. The fourth-order valence-corrected chi connectivity index (χ4v) is 5.64. The quantitative estimate of drug-likeness (QED) is 0.231. The number of thiazole rings is 1. The zero-order valence-electron chi connectivity index (χ0n) is 23.1. The number of carbonyl (C=O) groups is 1. The molecule has 0 spiro atoms. The van der Waals surface area contributed by atoms with Crippen LogP contribution in [0.5, 0.6) is 11.5 Å². The van der Waals surface area contributed by atoms with E-state index in [-0.39, 0.29) is 29.4 Å². The molecule has 0 radical (unpaired) electrons. The highest BCUT2D eigenvalue weighted by atomic mass is 32.1. The third-order valence-electron chi connectivity index (χ3n) is 6.69. The van der Waals surface area contributed by atoms with Crippen molar-refractivity contribution >= 4 is 29.1 Å². The van der Waals surface area contributed by atoms with Crippen molar-refractivity contribution in [1.82, 2.24) is 4.57 Å². The summed E-state index contributed by atoms with van der Waals surface area (Å²) in [6, 6.07) is 20.2. The van der Waals surface area contributed by atoms with Crippen LogP contribution in [0.3, 0.4) is 0 Å². The van der Waals surface area contributed by atoms with Gasteiger partial charge in [0.15, 0.2) is 4.80 Å². The number of methoxy groups -OCH3 is 1. The van der Waals surface area contributed by atoms with E-state index >= 15 is 0 Å². The van der Waals surface area contributed by atoms with E-state index in [9.17, 15) is 14.5 Å². The van der Waals surface area contributed by atoms with E-state index in [4.69, 9.17) is 19.4 Å². The molecule has 42 heavy (non-hydrogen) atoms. The molecule has 0 aliphatic carbocycles. The van der Waals surface area contributed by atoms with Crippen LogP contribution in [0.4, 0.5) is 5.69 Å². The third kappa shape index (κ3) is 5.86. The number of esters is 1. The molecule has 11 heteroatoms. The Hall–Kier alpha value is -5.03. The highest BCUT2D eigenvalue weighted by molar-refractivity contribution is 7.07. The summed E-state index contributed by atoms with van der Waals surface area (Å²) in [4.78, 5) is 42.7. The van der Waals surface area contributed by atoms with Gasteiger partial charge < -0.3 is 14.2 Å². The first-order valence-corrected chi connectivity index (χ1v) is 13.9. The molecule has 1 atom stereocenters. The van der Waals surface area contributed by atoms with Crippen LogP contribution < -0.4 is 24.4 Å². The molecule has 1 aliphatic rings. The third-order valence-corrected chi connectivity index (χ3v) is 7.67. The standard InChI is InChI=1S/C31H28N3O7S/c1-4-40-30(36)27-19(2)32-31-33(28(27)22-9-15-24(39-3)16-10-22)29(35)26(42-31)17-20-7-13-25(14-8-20)41-18-21-5-11-23(12-6-21)34(37)38/h5-17,28H,4,18H2,1-3H3,(H,37,38)/q+1/b26-17-. The summed E-state index contributed by atoms with van der Waals surface area (Å²) >= 11 is 1.25. The highest BCUT2D eigenvalue weighted by Crippen LogP contribution is 2.31. The Labute approximate surface area is 244 Å². The van der Waals surface area contributed by atoms with Gasteiger partial charge in [-0.05, 0) is 73.0 Å². The van der Waals surface area contributed by atoms with Crippen molar-refractivity contribution in [3.8, 4) is 11.5 Å². The van der Waals surface area contributed by atoms with Crippen molar-refractivity contribution in [1.29, 1.82) is 0 Å². The van der Waals surface area contributed by atoms with E-state index in [1.54, 1.807) is 68.0 Å². The predicted octanol–water partition coefficient (Wildman–Crippen LogP) is 4.19. The van der Waals surface area contributed by atoms with E-state index in [0.717, 1.165) is 16.7 Å². The minimum absolute atomic E-state index is 0.135. The molecule has 0 amide bonds. The number of hydrogen-bond acceptors (Lipinski definition) is 8. The van der Waals surface area contributed by atoms with Crippen LogP contribution in [0.15, 0.2) is 93.9 Å². The van der Waals surface area contributed by atoms with Crippen molar-refractivity contribution in [3.63, 3.8) is 0 Å². The lowest BCUT2D eigenvalue weighted by atomic mass is 9.96. The van der Waals surface area contributed by atoms with Crippen molar-refractivity contribution in [3.05, 3.63) is 125 Å². The van der Waals surface area contributed by atoms with Crippen LogP contribution in [0.2, 0.25) is 0 Å². The Kier molecular flexibility index (Phi) is 8.30. The van der Waals surface area contributed by atoms with Gasteiger partial charge in [-0.15, -0.1) is 0 Å². The summed E-state index contributed by atoms with van der Waals surface area (Å²) in [5.74, 6) is 0.771. The molecule has 0 saturated heterocycles. The van der Waals surface area contributed by atoms with Gasteiger partial charge in [-0.3, -0.25) is 9.36 Å². The predicted molar refractivity (Wildman–Crippen MR) is 156 cm³/mol. The van der Waals surface area contributed by atoms with E-state index in [1.165, 1.54) is 23.5 Å². The SMILES string of the molecule is CCOC(=O)C1=C(C)N=c2s/c(=C\c3ccc(OCc4ccc([N+](=O)O)cc4)cc3)c(=O)n2C1c1ccc(OC)cc1. The van der Waals surface area contributed by atoms with Crippen LogP contribution in [0, 0.1) is 4.91 Å². The fraction of sp³-hybridized carbons (Fsp3) is 0.194. The van der Waals surface area contributed by atoms with Gasteiger partial charge in [0.1, 0.15) is 18.1 Å². The summed E-state index contributed by atoms with van der Waals surface area (Å²) < 4.78 is 18.5. The second-order valence-corrected chi connectivity index (χ2v) is 10.4. The topological polar surface area (TPSA) is 119 Å². The molecule has 5 rings (SSSR count). The smallest absolute Gasteiger partial charge is 0.338 e. The van der Waals surface area contributed by atoms with Crippen LogP contribution >= 0.6 is 11.3 Å². The van der Waals surface area contributed by atoms with Crippen LogP contribution in [0.1, 0.15) is 36.6 Å². The Morgan fingerprint density at radius 2 is 1.71 bits per heavy atom. The van der Waals surface area contributed by atoms with Gasteiger partial charge in [0.25, 0.3) is 10.5 Å². The van der Waals surface area contributed by atoms with Gasteiger partial charge >= 0.3 is 11.7 Å². The monoisotopic (exact) mass is 586 g/mol. The Morgan fingerprint density at radius 3 is 2.33 bits per heavy atom. The summed E-state index contributed by atoms with van der Waals surface area (Å²) in [6.45, 7) is 3.96. The molecule has 214 valence electrons. The molecule has 10 nitrogen and oxygen atoms in total. The van der Waals surface area contributed by atoms with Gasteiger partial charge in [-0.1, -0.05) is 35.6 Å². The molecule has 1 aromatic heterocycles. The molecule has 1 aliphatic heterocycles. The number of ether oxygens (including phenoxy) is 3. The second kappa shape index (κ2) is 12.2. The molecule has 0 fully saturated rings. The van der Waals surface area contributed by atoms with Gasteiger partial charge in [0.05, 0.1) is 40.5 Å². The number of fused-ring (bicyclic) bond motifs is 1. The molecule has 2 heterocycles. The van der Waals surface area contributed by atoms with Gasteiger partial charge in [0.2, 0.25) is 0 Å². The van der Waals surface area contributed by atoms with Crippen molar-refractivity contribution in [2.45, 2.75) is 26.5 Å². The largest absolute Gasteiger partial charge is 0.497 e. The molecular weight excluding hydrogens is 558 g/mol. The first-order valence-electron chi connectivity index (χ1n) is 13.1. The lowest BCUT2D eigenvalue weighted by molar-refractivity contribution is -0.729. The summed E-state index contributed by atoms with van der Waals surface area (Å²) in [5, 5.41) is 8.96. The van der Waals surface area contributed by atoms with E-state index in [1.807, 2.05) is 24.3 Å². The first kappa shape index (κ1) is 28.5. The summed E-state index contributed by atoms with van der Waals surface area (Å²) in [7, 11) is 1.58. The lowest BCUT2D eigenvalue weighted by Gasteiger charge is -2.24. The molecule has 3 aromatic carbocycles. The molecule has 4 aromatic rings. The van der Waals surface area contributed by atoms with Gasteiger partial charge in [-0.2, -0.15) is 0 Å². The Bertz CT molecular complexity index is 1840. The number of benzene rings is 3. The maximum Gasteiger partial charge on any atom is 0.338 e. The maximum atomic E-state index is 13.8. The van der Waals surface area contributed by atoms with E-state index in [0.29, 0.717) is 32.1 Å². The van der Waals surface area contributed by atoms with Crippen LogP contribution in [0.25, 0.3) is 6.08 Å². The summed E-state index contributed by atoms with van der Waals surface area (Å²) in [6.07, 6.45) is 1.78. The van der Waals surface area contributed by atoms with Crippen molar-refractivity contribution in [2.24, 2.45) is 4.99 Å². The number of hydrogen-bond donors (Lipinski definition) is 1. The molecule has 0 saturated carbocycles. The Morgan fingerprint density at radius 1 is 1.05 bits per heavy atom. The number of allylic oxidation sites excluding steroid dienone is 1. The average Bonchev–Trinajstić information content (AvgIpc) is 3.30. The first-order chi connectivity index (χ1) is 20.3. The fourth-order valence-electron chi connectivity index (χ4n) is 4.59. The molecule has 0 bridgehead atoms. The van der Waals surface area contributed by atoms with Gasteiger partial charge in [0, 0.05) is 12.1 Å². The number of rotatable bonds is 9. The van der Waals surface area contributed by atoms with Crippen LogP contribution in [-0.2, 0) is 16.1 Å². The Balaban J connectivity index is 1.45. The molecule has 1 unspecified atom stereocenters. The number of nitrogens with zero attached hydrogens (tertiary/aromatic N) is 3.